The van der Waals surface area contributed by atoms with Crippen LogP contribution < -0.4 is 24.4 Å². The summed E-state index contributed by atoms with van der Waals surface area (Å²) in [5, 5.41) is 0.843. The number of benzene rings is 2. The van der Waals surface area contributed by atoms with Crippen molar-refractivity contribution in [2.45, 2.75) is 26.8 Å². The second-order valence-corrected chi connectivity index (χ2v) is 10.8. The summed E-state index contributed by atoms with van der Waals surface area (Å²) in [5.74, 6) is -0.567. The highest BCUT2D eigenvalue weighted by molar-refractivity contribution is 7.07. The monoisotopic (exact) mass is 638 g/mol. The van der Waals surface area contributed by atoms with Crippen LogP contribution in [0.25, 0.3) is 6.08 Å². The van der Waals surface area contributed by atoms with Crippen LogP contribution in [0, 0.1) is 0 Å². The van der Waals surface area contributed by atoms with Crippen molar-refractivity contribution in [3.8, 4) is 11.5 Å². The molecule has 1 aliphatic rings. The number of thiazole rings is 1. The average molecular weight is 640 g/mol. The smallest absolute Gasteiger partial charge is 0.343 e. The van der Waals surface area contributed by atoms with Crippen molar-refractivity contribution in [1.29, 1.82) is 0 Å². The van der Waals surface area contributed by atoms with Crippen molar-refractivity contribution in [3.05, 3.63) is 87.5 Å². The molecule has 4 rings (SSSR count). The summed E-state index contributed by atoms with van der Waals surface area (Å²) in [7, 11) is 1.26. The maximum absolute atomic E-state index is 13.9. The summed E-state index contributed by atoms with van der Waals surface area (Å²) in [4.78, 5) is 43.7. The number of carbonyl (C=O) groups is 2. The lowest BCUT2D eigenvalue weighted by atomic mass is 9.95. The molecule has 1 aliphatic heterocycles. The molecule has 1 atom stereocenters. The fourth-order valence-corrected chi connectivity index (χ4v) is 5.92. The number of hydrogen-bond donors (Lipinski definition) is 0. The Balaban J connectivity index is 1.93. The van der Waals surface area contributed by atoms with Crippen LogP contribution in [-0.4, -0.2) is 43.4 Å². The van der Waals surface area contributed by atoms with Gasteiger partial charge in [-0.3, -0.25) is 9.36 Å². The first-order chi connectivity index (χ1) is 19.6. The minimum absolute atomic E-state index is 0.130. The number of carbonyl (C=O) groups excluding carboxylic acids is 2. The minimum Gasteiger partial charge on any atom is -0.490 e. The third kappa shape index (κ3) is 6.46. The average Bonchev–Trinajstić information content (AvgIpc) is 3.23. The highest BCUT2D eigenvalue weighted by atomic mass is 35.5. The SMILES string of the molecule is CCOC(=O)C1=C(C)N=c2s/c(=C\c3cc(Cl)cc(Cl)c3Cl)c(=O)n2[C@@H]1c1ccc(OCC(=O)OC)c(OCC)c1. The number of fused-ring (bicyclic) bond motifs is 1. The van der Waals surface area contributed by atoms with Gasteiger partial charge in [0.1, 0.15) is 0 Å². The molecule has 216 valence electrons. The van der Waals surface area contributed by atoms with E-state index in [1.165, 1.54) is 17.7 Å². The lowest BCUT2D eigenvalue weighted by Gasteiger charge is -2.25. The molecule has 0 saturated carbocycles. The number of hydrogen-bond acceptors (Lipinski definition) is 9. The van der Waals surface area contributed by atoms with Gasteiger partial charge in [-0.1, -0.05) is 52.2 Å². The van der Waals surface area contributed by atoms with Gasteiger partial charge < -0.3 is 18.9 Å². The van der Waals surface area contributed by atoms with Crippen LogP contribution in [0.1, 0.15) is 37.9 Å². The van der Waals surface area contributed by atoms with Crippen LogP contribution in [0.3, 0.4) is 0 Å². The van der Waals surface area contributed by atoms with Crippen LogP contribution >= 0.6 is 46.1 Å². The number of halogens is 3. The van der Waals surface area contributed by atoms with E-state index < -0.39 is 23.5 Å². The normalized spacial score (nSPS) is 14.8. The van der Waals surface area contributed by atoms with E-state index in [1.54, 1.807) is 51.1 Å². The third-order valence-electron chi connectivity index (χ3n) is 5.98. The van der Waals surface area contributed by atoms with Crippen molar-refractivity contribution in [2.75, 3.05) is 26.9 Å². The largest absolute Gasteiger partial charge is 0.490 e. The number of nitrogens with zero attached hydrogens (tertiary/aromatic N) is 2. The van der Waals surface area contributed by atoms with E-state index >= 15 is 0 Å². The molecule has 0 radical (unpaired) electrons. The zero-order chi connectivity index (χ0) is 29.8. The van der Waals surface area contributed by atoms with Gasteiger partial charge in [-0.2, -0.15) is 0 Å². The molecule has 0 spiro atoms. The molecule has 0 saturated heterocycles. The summed E-state index contributed by atoms with van der Waals surface area (Å²) >= 11 is 19.9. The predicted molar refractivity (Wildman–Crippen MR) is 157 cm³/mol. The highest BCUT2D eigenvalue weighted by Gasteiger charge is 2.34. The van der Waals surface area contributed by atoms with E-state index in [2.05, 4.69) is 9.73 Å². The number of methoxy groups -OCH3 is 1. The Kier molecular flexibility index (Phi) is 9.80. The molecule has 9 nitrogen and oxygen atoms in total. The molecule has 13 heteroatoms. The molecule has 1 aromatic heterocycles. The van der Waals surface area contributed by atoms with Crippen molar-refractivity contribution in [3.63, 3.8) is 0 Å². The van der Waals surface area contributed by atoms with Gasteiger partial charge in [0.05, 0.1) is 52.2 Å². The van der Waals surface area contributed by atoms with E-state index in [1.807, 2.05) is 0 Å². The molecular formula is C28H25Cl3N2O7S. The topological polar surface area (TPSA) is 105 Å². The van der Waals surface area contributed by atoms with Gasteiger partial charge in [0, 0.05) is 5.02 Å². The molecule has 0 fully saturated rings. The zero-order valence-corrected chi connectivity index (χ0v) is 25.5. The number of rotatable bonds is 9. The minimum atomic E-state index is -0.903. The Hall–Kier alpha value is -3.31. The van der Waals surface area contributed by atoms with Gasteiger partial charge in [-0.25, -0.2) is 14.6 Å². The molecule has 2 heterocycles. The molecule has 0 N–H and O–H groups in total. The van der Waals surface area contributed by atoms with Crippen LogP contribution in [0.15, 0.2) is 51.4 Å². The second kappa shape index (κ2) is 13.1. The fraction of sp³-hybridized carbons (Fsp3) is 0.286. The van der Waals surface area contributed by atoms with Crippen molar-refractivity contribution < 1.29 is 28.5 Å². The Morgan fingerprint density at radius 1 is 1.07 bits per heavy atom. The summed E-state index contributed by atoms with van der Waals surface area (Å²) < 4.78 is 23.1. The molecule has 41 heavy (non-hydrogen) atoms. The molecule has 0 amide bonds. The van der Waals surface area contributed by atoms with E-state index in [9.17, 15) is 14.4 Å². The number of allylic oxidation sites excluding steroid dienone is 1. The van der Waals surface area contributed by atoms with Crippen LogP contribution in [0.5, 0.6) is 11.5 Å². The van der Waals surface area contributed by atoms with E-state index in [0.717, 1.165) is 11.3 Å². The van der Waals surface area contributed by atoms with Gasteiger partial charge in [0.15, 0.2) is 22.9 Å². The summed E-state index contributed by atoms with van der Waals surface area (Å²) in [6.07, 6.45) is 1.58. The Bertz CT molecular complexity index is 1730. The second-order valence-electron chi connectivity index (χ2n) is 8.60. The first-order valence-corrected chi connectivity index (χ1v) is 14.3. The van der Waals surface area contributed by atoms with Gasteiger partial charge in [-0.05, 0) is 62.2 Å². The van der Waals surface area contributed by atoms with Crippen molar-refractivity contribution >= 4 is 64.2 Å². The Morgan fingerprint density at radius 2 is 1.83 bits per heavy atom. The first kappa shape index (κ1) is 30.6. The summed E-state index contributed by atoms with van der Waals surface area (Å²) in [5.41, 5.74) is 1.17. The quantitative estimate of drug-likeness (QED) is 0.247. The number of aromatic nitrogens is 1. The first-order valence-electron chi connectivity index (χ1n) is 12.4. The third-order valence-corrected chi connectivity index (χ3v) is 8.00. The Labute approximate surface area is 254 Å². The van der Waals surface area contributed by atoms with Crippen LogP contribution in [0.2, 0.25) is 15.1 Å². The van der Waals surface area contributed by atoms with Crippen LogP contribution in [-0.2, 0) is 19.1 Å². The van der Waals surface area contributed by atoms with E-state index in [0.29, 0.717) is 49.3 Å². The summed E-state index contributed by atoms with van der Waals surface area (Å²) in [6.45, 7) is 5.27. The van der Waals surface area contributed by atoms with Gasteiger partial charge in [0.25, 0.3) is 5.56 Å². The fourth-order valence-electron chi connectivity index (χ4n) is 4.21. The molecule has 0 unspecified atom stereocenters. The predicted octanol–water partition coefficient (Wildman–Crippen LogP) is 4.71. The Morgan fingerprint density at radius 3 is 2.51 bits per heavy atom. The highest BCUT2D eigenvalue weighted by Crippen LogP contribution is 2.36. The zero-order valence-electron chi connectivity index (χ0n) is 22.5. The molecule has 0 bridgehead atoms. The van der Waals surface area contributed by atoms with E-state index in [-0.39, 0.29) is 28.8 Å². The maximum atomic E-state index is 13.9. The standard InChI is InChI=1S/C28H25Cl3N2O7S/c1-5-38-20-10-15(7-8-19(20)40-13-22(34)37-4)25-23(27(36)39-6-2)14(3)32-28-33(25)26(35)21(41-28)11-16-9-17(29)12-18(30)24(16)31/h7-12,25H,5-6,13H2,1-4H3/b21-11-/t25-/m1/s1. The maximum Gasteiger partial charge on any atom is 0.343 e. The lowest BCUT2D eigenvalue weighted by Crippen LogP contribution is -2.40. The molecule has 3 aromatic rings. The van der Waals surface area contributed by atoms with Crippen LogP contribution in [0.4, 0.5) is 0 Å². The molecule has 0 aliphatic carbocycles. The van der Waals surface area contributed by atoms with Gasteiger partial charge in [-0.15, -0.1) is 0 Å². The summed E-state index contributed by atoms with van der Waals surface area (Å²) in [6, 6.07) is 7.15. The molecular weight excluding hydrogens is 615 g/mol. The van der Waals surface area contributed by atoms with Crippen molar-refractivity contribution in [2.24, 2.45) is 4.99 Å². The van der Waals surface area contributed by atoms with E-state index in [4.69, 9.17) is 49.0 Å². The number of ether oxygens (including phenoxy) is 4. The van der Waals surface area contributed by atoms with Gasteiger partial charge in [0.2, 0.25) is 0 Å². The van der Waals surface area contributed by atoms with Crippen molar-refractivity contribution in [1.82, 2.24) is 4.57 Å². The van der Waals surface area contributed by atoms with Gasteiger partial charge >= 0.3 is 11.9 Å². The molecule has 2 aromatic carbocycles. The lowest BCUT2D eigenvalue weighted by molar-refractivity contribution is -0.143. The number of esters is 2.